The SMILES string of the molecule is CCN(C)C1Cc2ccc(OC)c3c2[C@]2(C)C1=CC=C(OC)[C@@H]2O3. The first-order chi connectivity index (χ1) is 11.6. The number of likely N-dealkylation sites (N-methyl/N-ethyl adjacent to an activating group) is 1. The topological polar surface area (TPSA) is 30.9 Å². The van der Waals surface area contributed by atoms with Crippen LogP contribution < -0.4 is 9.47 Å². The monoisotopic (exact) mass is 327 g/mol. The molecule has 0 saturated carbocycles. The molecule has 0 radical (unpaired) electrons. The van der Waals surface area contributed by atoms with Crippen molar-refractivity contribution in [1.29, 1.82) is 0 Å². The summed E-state index contributed by atoms with van der Waals surface area (Å²) in [5.41, 5.74) is 3.85. The fraction of sp³-hybridized carbons (Fsp3) is 0.500. The average molecular weight is 327 g/mol. The Bertz CT molecular complexity index is 751. The molecular weight excluding hydrogens is 302 g/mol. The van der Waals surface area contributed by atoms with E-state index in [9.17, 15) is 0 Å². The summed E-state index contributed by atoms with van der Waals surface area (Å²) in [5, 5.41) is 0. The highest BCUT2D eigenvalue weighted by molar-refractivity contribution is 5.66. The van der Waals surface area contributed by atoms with Crippen LogP contribution in [0.4, 0.5) is 0 Å². The summed E-state index contributed by atoms with van der Waals surface area (Å²) in [7, 11) is 5.62. The molecule has 1 unspecified atom stereocenters. The average Bonchev–Trinajstić information content (AvgIpc) is 2.93. The zero-order valence-corrected chi connectivity index (χ0v) is 15.1. The summed E-state index contributed by atoms with van der Waals surface area (Å²) in [5.74, 6) is 2.57. The molecule has 0 amide bonds. The molecule has 3 aliphatic rings. The first-order valence-corrected chi connectivity index (χ1v) is 8.59. The zero-order chi connectivity index (χ0) is 17.1. The van der Waals surface area contributed by atoms with Crippen LogP contribution in [-0.4, -0.2) is 44.9 Å². The number of rotatable bonds is 4. The van der Waals surface area contributed by atoms with E-state index in [-0.39, 0.29) is 11.5 Å². The summed E-state index contributed by atoms with van der Waals surface area (Å²) < 4.78 is 17.6. The Morgan fingerprint density at radius 1 is 1.25 bits per heavy atom. The van der Waals surface area contributed by atoms with Gasteiger partial charge in [-0.2, -0.15) is 0 Å². The summed E-state index contributed by atoms with van der Waals surface area (Å²) in [6, 6.07) is 4.61. The Morgan fingerprint density at radius 2 is 2.04 bits per heavy atom. The minimum atomic E-state index is -0.203. The van der Waals surface area contributed by atoms with E-state index in [1.807, 2.05) is 6.07 Å². The van der Waals surface area contributed by atoms with Crippen LogP contribution in [0.3, 0.4) is 0 Å². The molecule has 0 N–H and O–H groups in total. The molecule has 1 aromatic carbocycles. The molecule has 2 aliphatic carbocycles. The summed E-state index contributed by atoms with van der Waals surface area (Å²) in [6.45, 7) is 5.52. The van der Waals surface area contributed by atoms with Crippen molar-refractivity contribution in [2.45, 2.75) is 37.8 Å². The van der Waals surface area contributed by atoms with Gasteiger partial charge in [-0.15, -0.1) is 0 Å². The van der Waals surface area contributed by atoms with E-state index < -0.39 is 0 Å². The van der Waals surface area contributed by atoms with Crippen molar-refractivity contribution in [3.63, 3.8) is 0 Å². The van der Waals surface area contributed by atoms with E-state index in [0.29, 0.717) is 6.04 Å². The van der Waals surface area contributed by atoms with Crippen LogP contribution in [0, 0.1) is 0 Å². The van der Waals surface area contributed by atoms with E-state index in [4.69, 9.17) is 14.2 Å². The quantitative estimate of drug-likeness (QED) is 0.850. The number of allylic oxidation sites excluding steroid dienone is 2. The molecule has 0 fully saturated rings. The highest BCUT2D eigenvalue weighted by Gasteiger charge is 2.57. The van der Waals surface area contributed by atoms with Crippen LogP contribution in [0.2, 0.25) is 0 Å². The van der Waals surface area contributed by atoms with Crippen molar-refractivity contribution < 1.29 is 14.2 Å². The second-order valence-electron chi connectivity index (χ2n) is 7.02. The highest BCUT2D eigenvalue weighted by Crippen LogP contribution is 2.59. The smallest absolute Gasteiger partial charge is 0.169 e. The van der Waals surface area contributed by atoms with Crippen molar-refractivity contribution >= 4 is 0 Å². The predicted octanol–water partition coefficient (Wildman–Crippen LogP) is 3.06. The third-order valence-electron chi connectivity index (χ3n) is 6.03. The minimum absolute atomic E-state index is 0.124. The van der Waals surface area contributed by atoms with Crippen molar-refractivity contribution in [1.82, 2.24) is 4.90 Å². The standard InChI is InChI=1S/C20H25NO3/c1-6-21(3)14-11-12-7-9-15(22-4)18-17(12)20(2)13(14)8-10-16(23-5)19(20)24-18/h7-10,14,19H,6,11H2,1-5H3/t14?,19-,20-/m0/s1. The van der Waals surface area contributed by atoms with Crippen molar-refractivity contribution in [3.05, 3.63) is 46.7 Å². The number of hydrogen-bond acceptors (Lipinski definition) is 4. The van der Waals surface area contributed by atoms with Gasteiger partial charge in [0.15, 0.2) is 17.6 Å². The van der Waals surface area contributed by atoms with Gasteiger partial charge in [0.1, 0.15) is 5.76 Å². The zero-order valence-electron chi connectivity index (χ0n) is 15.1. The molecule has 0 bridgehead atoms. The fourth-order valence-electron chi connectivity index (χ4n) is 4.62. The maximum Gasteiger partial charge on any atom is 0.169 e. The van der Waals surface area contributed by atoms with Gasteiger partial charge in [-0.25, -0.2) is 0 Å². The molecule has 128 valence electrons. The van der Waals surface area contributed by atoms with Gasteiger partial charge in [-0.1, -0.05) is 19.1 Å². The summed E-state index contributed by atoms with van der Waals surface area (Å²) in [4.78, 5) is 2.42. The predicted molar refractivity (Wildman–Crippen MR) is 93.7 cm³/mol. The van der Waals surface area contributed by atoms with Gasteiger partial charge < -0.3 is 14.2 Å². The summed E-state index contributed by atoms with van der Waals surface area (Å²) in [6.07, 6.45) is 5.19. The van der Waals surface area contributed by atoms with Gasteiger partial charge in [-0.3, -0.25) is 4.90 Å². The fourth-order valence-corrected chi connectivity index (χ4v) is 4.62. The molecule has 4 nitrogen and oxygen atoms in total. The molecule has 1 aliphatic heterocycles. The Labute approximate surface area is 143 Å². The lowest BCUT2D eigenvalue weighted by molar-refractivity contribution is 0.111. The number of hydrogen-bond donors (Lipinski definition) is 0. The molecule has 4 rings (SSSR count). The molecule has 1 heterocycles. The van der Waals surface area contributed by atoms with Gasteiger partial charge in [0.05, 0.1) is 19.6 Å². The molecule has 0 spiro atoms. The molecule has 0 saturated heterocycles. The second kappa shape index (κ2) is 5.28. The maximum atomic E-state index is 6.41. The largest absolute Gasteiger partial charge is 0.497 e. The lowest BCUT2D eigenvalue weighted by Crippen LogP contribution is -2.51. The number of ether oxygens (including phenoxy) is 3. The third kappa shape index (κ3) is 1.78. The molecular formula is C20H25NO3. The Hall–Kier alpha value is -1.94. The van der Waals surface area contributed by atoms with Gasteiger partial charge in [0, 0.05) is 11.6 Å². The van der Waals surface area contributed by atoms with Gasteiger partial charge >= 0.3 is 0 Å². The van der Waals surface area contributed by atoms with Crippen LogP contribution >= 0.6 is 0 Å². The first kappa shape index (κ1) is 15.6. The Morgan fingerprint density at radius 3 is 2.71 bits per heavy atom. The number of benzene rings is 1. The normalized spacial score (nSPS) is 29.6. The Balaban J connectivity index is 1.98. The lowest BCUT2D eigenvalue weighted by Gasteiger charge is -2.46. The highest BCUT2D eigenvalue weighted by atomic mass is 16.6. The van der Waals surface area contributed by atoms with Gasteiger partial charge in [0.25, 0.3) is 0 Å². The van der Waals surface area contributed by atoms with Crippen molar-refractivity contribution in [2.24, 2.45) is 0 Å². The van der Waals surface area contributed by atoms with Crippen LogP contribution in [0.25, 0.3) is 0 Å². The van der Waals surface area contributed by atoms with Crippen LogP contribution in [0.15, 0.2) is 35.6 Å². The van der Waals surface area contributed by atoms with Crippen LogP contribution in [0.1, 0.15) is 25.0 Å². The van der Waals surface area contributed by atoms with E-state index in [1.54, 1.807) is 14.2 Å². The van der Waals surface area contributed by atoms with Crippen LogP contribution in [-0.2, 0) is 16.6 Å². The third-order valence-corrected chi connectivity index (χ3v) is 6.03. The molecule has 0 aromatic heterocycles. The van der Waals surface area contributed by atoms with E-state index in [2.05, 4.69) is 44.0 Å². The molecule has 1 aromatic rings. The van der Waals surface area contributed by atoms with Crippen molar-refractivity contribution in [2.75, 3.05) is 27.8 Å². The number of methoxy groups -OCH3 is 2. The molecule has 24 heavy (non-hydrogen) atoms. The van der Waals surface area contributed by atoms with Crippen molar-refractivity contribution in [3.8, 4) is 11.5 Å². The van der Waals surface area contributed by atoms with Gasteiger partial charge in [-0.05, 0) is 50.2 Å². The van der Waals surface area contributed by atoms with E-state index >= 15 is 0 Å². The lowest BCUT2D eigenvalue weighted by atomic mass is 9.62. The van der Waals surface area contributed by atoms with Crippen LogP contribution in [0.5, 0.6) is 11.5 Å². The molecule has 4 heteroatoms. The van der Waals surface area contributed by atoms with Gasteiger partial charge in [0.2, 0.25) is 0 Å². The van der Waals surface area contributed by atoms with E-state index in [1.165, 1.54) is 16.7 Å². The first-order valence-electron chi connectivity index (χ1n) is 8.59. The van der Waals surface area contributed by atoms with E-state index in [0.717, 1.165) is 30.2 Å². The Kier molecular flexibility index (Phi) is 3.43. The number of nitrogens with zero attached hydrogens (tertiary/aromatic N) is 1. The minimum Gasteiger partial charge on any atom is -0.497 e. The molecule has 3 atom stereocenters. The maximum absolute atomic E-state index is 6.41. The summed E-state index contributed by atoms with van der Waals surface area (Å²) >= 11 is 0. The second-order valence-corrected chi connectivity index (χ2v) is 7.02.